The van der Waals surface area contributed by atoms with Gasteiger partial charge in [-0.05, 0) is 37.7 Å². The number of alkyl carbamates (subject to hydrolysis) is 1. The molecule has 2 aliphatic rings. The fraction of sp³-hybridized carbons (Fsp3) is 0.621. The van der Waals surface area contributed by atoms with Gasteiger partial charge < -0.3 is 30.2 Å². The quantitative estimate of drug-likeness (QED) is 0.196. The number of carbonyl (C=O) groups is 5. The molecule has 0 aromatic heterocycles. The molecule has 12 nitrogen and oxygen atoms in total. The number of amides is 4. The Morgan fingerprint density at radius 2 is 1.85 bits per heavy atom. The zero-order valence-corrected chi connectivity index (χ0v) is 24.3. The first kappa shape index (κ1) is 31.7. The van der Waals surface area contributed by atoms with Gasteiger partial charge in [0.1, 0.15) is 18.2 Å². The molecule has 226 valence electrons. The molecule has 41 heavy (non-hydrogen) atoms. The van der Waals surface area contributed by atoms with Crippen molar-refractivity contribution in [3.63, 3.8) is 0 Å². The molecule has 1 aromatic carbocycles. The van der Waals surface area contributed by atoms with Gasteiger partial charge in [-0.25, -0.2) is 14.4 Å². The summed E-state index contributed by atoms with van der Waals surface area (Å²) in [5.74, 6) is -1.80. The minimum atomic E-state index is -1.04. The second-order valence-corrected chi connectivity index (χ2v) is 10.8. The molecular weight excluding hydrogens is 532 g/mol. The van der Waals surface area contributed by atoms with Gasteiger partial charge in [0.25, 0.3) is 0 Å². The van der Waals surface area contributed by atoms with E-state index in [0.717, 1.165) is 12.8 Å². The smallest absolute Gasteiger partial charge is 0.414 e. The van der Waals surface area contributed by atoms with Gasteiger partial charge in [0, 0.05) is 31.0 Å². The van der Waals surface area contributed by atoms with Crippen LogP contribution in [0, 0.1) is 11.8 Å². The second kappa shape index (κ2) is 15.2. The third-order valence-corrected chi connectivity index (χ3v) is 7.18. The summed E-state index contributed by atoms with van der Waals surface area (Å²) in [6.07, 6.45) is 1.09. The lowest BCUT2D eigenvalue weighted by Gasteiger charge is -2.33. The monoisotopic (exact) mass is 574 g/mol. The third-order valence-electron chi connectivity index (χ3n) is 7.18. The van der Waals surface area contributed by atoms with E-state index in [1.807, 2.05) is 20.8 Å². The number of carbonyl (C=O) groups excluding carboxylic acids is 5. The van der Waals surface area contributed by atoms with Crippen LogP contribution in [0.2, 0.25) is 0 Å². The normalized spacial score (nSPS) is 19.4. The number of esters is 1. The second-order valence-electron chi connectivity index (χ2n) is 10.8. The predicted molar refractivity (Wildman–Crippen MR) is 150 cm³/mol. The van der Waals surface area contributed by atoms with Crippen LogP contribution in [0.25, 0.3) is 0 Å². The van der Waals surface area contributed by atoms with Gasteiger partial charge >= 0.3 is 18.2 Å². The van der Waals surface area contributed by atoms with Crippen molar-refractivity contribution in [3.8, 4) is 0 Å². The number of ether oxygens (including phenoxy) is 3. The molecule has 4 amide bonds. The molecule has 0 aliphatic carbocycles. The molecule has 4 atom stereocenters. The van der Waals surface area contributed by atoms with Gasteiger partial charge in [0.2, 0.25) is 11.8 Å². The Hall–Kier alpha value is -3.83. The van der Waals surface area contributed by atoms with E-state index in [9.17, 15) is 24.0 Å². The van der Waals surface area contributed by atoms with Crippen LogP contribution in [0.15, 0.2) is 24.3 Å². The van der Waals surface area contributed by atoms with Crippen LogP contribution in [-0.4, -0.2) is 68.9 Å². The number of nitrogens with one attached hydrogen (secondary N) is 3. The number of fused-ring (bicyclic) bond motifs is 1. The number of anilines is 1. The number of methoxy groups -OCH3 is 1. The Morgan fingerprint density at radius 1 is 1.10 bits per heavy atom. The van der Waals surface area contributed by atoms with Gasteiger partial charge in [0.15, 0.2) is 0 Å². The van der Waals surface area contributed by atoms with Crippen molar-refractivity contribution in [3.05, 3.63) is 29.8 Å². The van der Waals surface area contributed by atoms with Gasteiger partial charge in [-0.15, -0.1) is 0 Å². The molecule has 3 N–H and O–H groups in total. The third kappa shape index (κ3) is 8.83. The molecule has 2 heterocycles. The fourth-order valence-electron chi connectivity index (χ4n) is 5.01. The van der Waals surface area contributed by atoms with E-state index in [1.54, 1.807) is 24.3 Å². The molecule has 0 spiro atoms. The van der Waals surface area contributed by atoms with E-state index >= 15 is 0 Å². The average molecular weight is 575 g/mol. The molecule has 0 saturated carbocycles. The van der Waals surface area contributed by atoms with Gasteiger partial charge in [-0.2, -0.15) is 0 Å². The number of para-hydroxylation sites is 1. The highest BCUT2D eigenvalue weighted by Gasteiger charge is 2.35. The zero-order valence-electron chi connectivity index (χ0n) is 24.3. The molecule has 1 aromatic rings. The van der Waals surface area contributed by atoms with Crippen LogP contribution >= 0.6 is 0 Å². The van der Waals surface area contributed by atoms with Crippen molar-refractivity contribution >= 4 is 35.7 Å². The zero-order chi connectivity index (χ0) is 29.9. The van der Waals surface area contributed by atoms with Crippen LogP contribution in [0.5, 0.6) is 0 Å². The summed E-state index contributed by atoms with van der Waals surface area (Å²) >= 11 is 0. The number of benzene rings is 1. The lowest BCUT2D eigenvalue weighted by molar-refractivity contribution is -0.146. The SMILES string of the molecule is CCCCOC(=O)N1CCC(OC(=O)N[C@@H](CC(C)C)C(=O)N[C@@H](C[C@@H]2CCNC2=O)C(=O)OC)c2ccccc21. The summed E-state index contributed by atoms with van der Waals surface area (Å²) in [6, 6.07) is 5.13. The topological polar surface area (TPSA) is 152 Å². The lowest BCUT2D eigenvalue weighted by Crippen LogP contribution is -2.53. The highest BCUT2D eigenvalue weighted by Crippen LogP contribution is 2.36. The molecular formula is C29H42N4O8. The Bertz CT molecular complexity index is 1090. The first-order chi connectivity index (χ1) is 19.6. The Morgan fingerprint density at radius 3 is 2.51 bits per heavy atom. The Kier molecular flexibility index (Phi) is 11.8. The van der Waals surface area contributed by atoms with Gasteiger partial charge in [0.05, 0.1) is 19.4 Å². The highest BCUT2D eigenvalue weighted by atomic mass is 16.6. The van der Waals surface area contributed by atoms with E-state index in [2.05, 4.69) is 16.0 Å². The number of unbranched alkanes of at least 4 members (excludes halogenated alkanes) is 1. The van der Waals surface area contributed by atoms with Crippen molar-refractivity contribution in [2.45, 2.75) is 77.5 Å². The predicted octanol–water partition coefficient (Wildman–Crippen LogP) is 3.20. The van der Waals surface area contributed by atoms with Crippen molar-refractivity contribution in [1.29, 1.82) is 0 Å². The van der Waals surface area contributed by atoms with E-state index in [0.29, 0.717) is 43.8 Å². The average Bonchev–Trinajstić information content (AvgIpc) is 3.35. The minimum absolute atomic E-state index is 0.0333. The molecule has 3 rings (SSSR count). The maximum Gasteiger partial charge on any atom is 0.414 e. The molecule has 2 aliphatic heterocycles. The summed E-state index contributed by atoms with van der Waals surface area (Å²) in [5.41, 5.74) is 1.26. The summed E-state index contributed by atoms with van der Waals surface area (Å²) in [4.78, 5) is 65.0. The molecule has 1 unspecified atom stereocenters. The summed E-state index contributed by atoms with van der Waals surface area (Å²) in [6.45, 7) is 6.96. The van der Waals surface area contributed by atoms with Crippen molar-refractivity contribution in [1.82, 2.24) is 16.0 Å². The Balaban J connectivity index is 1.67. The number of nitrogens with zero attached hydrogens (tertiary/aromatic N) is 1. The van der Waals surface area contributed by atoms with E-state index in [1.165, 1.54) is 12.0 Å². The van der Waals surface area contributed by atoms with Crippen LogP contribution in [0.4, 0.5) is 15.3 Å². The molecule has 12 heteroatoms. The first-order valence-corrected chi connectivity index (χ1v) is 14.3. The number of rotatable bonds is 12. The first-order valence-electron chi connectivity index (χ1n) is 14.3. The van der Waals surface area contributed by atoms with E-state index < -0.39 is 48.2 Å². The Labute approximate surface area is 240 Å². The van der Waals surface area contributed by atoms with Gasteiger partial charge in [-0.3, -0.25) is 14.5 Å². The molecule has 1 fully saturated rings. The highest BCUT2D eigenvalue weighted by molar-refractivity contribution is 5.91. The van der Waals surface area contributed by atoms with Crippen LogP contribution in [0.1, 0.15) is 71.0 Å². The van der Waals surface area contributed by atoms with Crippen molar-refractivity contribution in [2.24, 2.45) is 11.8 Å². The summed E-state index contributed by atoms with van der Waals surface area (Å²) in [5, 5.41) is 8.03. The van der Waals surface area contributed by atoms with Gasteiger partial charge in [-0.1, -0.05) is 45.4 Å². The number of hydrogen-bond acceptors (Lipinski definition) is 8. The minimum Gasteiger partial charge on any atom is -0.467 e. The summed E-state index contributed by atoms with van der Waals surface area (Å²) in [7, 11) is 1.21. The molecule has 0 bridgehead atoms. The van der Waals surface area contributed by atoms with E-state index in [4.69, 9.17) is 14.2 Å². The van der Waals surface area contributed by atoms with Crippen LogP contribution < -0.4 is 20.9 Å². The van der Waals surface area contributed by atoms with Crippen LogP contribution in [-0.2, 0) is 28.6 Å². The van der Waals surface area contributed by atoms with Crippen molar-refractivity contribution < 1.29 is 38.2 Å². The van der Waals surface area contributed by atoms with Crippen LogP contribution in [0.3, 0.4) is 0 Å². The molecule has 1 saturated heterocycles. The standard InChI is InChI=1S/C29H42N4O8/c1-5-6-15-40-29(38)33-14-12-24(20-9-7-8-10-23(20)33)41-28(37)32-21(16-18(2)3)26(35)31-22(27(36)39-4)17-19-11-13-30-25(19)34/h7-10,18-19,21-22,24H,5-6,11-17H2,1-4H3,(H,30,34)(H,31,35)(H,32,37)/t19-,21-,22-,24?/m0/s1. The maximum absolute atomic E-state index is 13.3. The number of hydrogen-bond donors (Lipinski definition) is 3. The van der Waals surface area contributed by atoms with E-state index in [-0.39, 0.29) is 24.7 Å². The lowest BCUT2D eigenvalue weighted by atomic mass is 9.97. The largest absolute Gasteiger partial charge is 0.467 e. The maximum atomic E-state index is 13.3. The molecule has 0 radical (unpaired) electrons. The van der Waals surface area contributed by atoms with Crippen molar-refractivity contribution in [2.75, 3.05) is 31.7 Å². The fourth-order valence-corrected chi connectivity index (χ4v) is 5.01. The summed E-state index contributed by atoms with van der Waals surface area (Å²) < 4.78 is 16.0.